The van der Waals surface area contributed by atoms with Crippen molar-refractivity contribution in [3.63, 3.8) is 0 Å². The van der Waals surface area contributed by atoms with Crippen LogP contribution in [0.1, 0.15) is 155 Å². The molecule has 2 atom stereocenters. The van der Waals surface area contributed by atoms with Crippen LogP contribution in [-0.2, 0) is 33.3 Å². The summed E-state index contributed by atoms with van der Waals surface area (Å²) < 4.78 is 22.7. The number of nitrogens with zero attached hydrogens (tertiary/aromatic N) is 1. The van der Waals surface area contributed by atoms with Gasteiger partial charge in [0.25, 0.3) is 6.29 Å². The number of quaternary nitrogens is 1. The zero-order chi connectivity index (χ0) is 43.5. The molecule has 0 bridgehead atoms. The largest absolute Gasteiger partial charge is 0.477 e. The number of hydrogen-bond acceptors (Lipinski definition) is 7. The normalized spacial score (nSPS) is 13.7. The second-order valence-electron chi connectivity index (χ2n) is 16.0. The summed E-state index contributed by atoms with van der Waals surface area (Å²) in [6.07, 6.45) is 49.3. The maximum Gasteiger partial charge on any atom is 0.361 e. The van der Waals surface area contributed by atoms with Crippen LogP contribution in [0.4, 0.5) is 0 Å². The summed E-state index contributed by atoms with van der Waals surface area (Å²) in [6.45, 7) is 4.64. The number of unbranched alkanes of at least 4 members (excludes halogenated alkanes) is 11. The minimum Gasteiger partial charge on any atom is -0.477 e. The summed E-state index contributed by atoms with van der Waals surface area (Å²) in [7, 11) is 5.93. The summed E-state index contributed by atoms with van der Waals surface area (Å²) in [5.41, 5.74) is 0. The number of esters is 2. The molecule has 0 aromatic heterocycles. The third-order valence-electron chi connectivity index (χ3n) is 9.14. The molecule has 1 N–H and O–H groups in total. The van der Waals surface area contributed by atoms with Gasteiger partial charge in [-0.15, -0.1) is 0 Å². The first-order valence-corrected chi connectivity index (χ1v) is 22.8. The monoisotopic (exact) mass is 827 g/mol. The van der Waals surface area contributed by atoms with Crippen LogP contribution in [0.5, 0.6) is 0 Å². The number of aliphatic carboxylic acids is 1. The number of ether oxygens (including phenoxy) is 4. The van der Waals surface area contributed by atoms with E-state index in [1.54, 1.807) is 0 Å². The highest BCUT2D eigenvalue weighted by Crippen LogP contribution is 2.12. The van der Waals surface area contributed by atoms with Crippen LogP contribution in [0.25, 0.3) is 0 Å². The summed E-state index contributed by atoms with van der Waals surface area (Å²) in [5.74, 6) is -2.07. The molecule has 0 aliphatic carbocycles. The zero-order valence-electron chi connectivity index (χ0n) is 37.9. The summed E-state index contributed by atoms with van der Waals surface area (Å²) in [6, 6.07) is 0. The first kappa shape index (κ1) is 55.5. The van der Waals surface area contributed by atoms with Crippen molar-refractivity contribution >= 4 is 17.9 Å². The molecule has 336 valence electrons. The Morgan fingerprint density at radius 3 is 1.46 bits per heavy atom. The van der Waals surface area contributed by atoms with E-state index in [0.29, 0.717) is 17.4 Å². The van der Waals surface area contributed by atoms with Crippen molar-refractivity contribution in [3.05, 3.63) is 85.1 Å². The molecule has 9 heteroatoms. The molecule has 59 heavy (non-hydrogen) atoms. The molecule has 0 amide bonds. The van der Waals surface area contributed by atoms with Crippen LogP contribution in [0.2, 0.25) is 0 Å². The standard InChI is InChI=1S/C50H83NO8/c1-6-8-10-12-14-16-18-19-20-21-22-23-24-25-26-27-28-29-31-33-35-37-39-41-48(53)59-46(45-58-50(49(54)55)56-43-42-51(3,4)5)44-57-47(52)40-38-36-34-32-30-17-15-13-11-9-7-2/h8,10,13-16,19-20,22-23,25-26,28-29,46,50H,6-7,9,11-12,17-18,21,24,27,30-45H2,1-5H3/p+1/b10-8-,15-13-,16-14-,20-19-,23-22-,26-25-,29-28-. The van der Waals surface area contributed by atoms with Crippen molar-refractivity contribution in [2.24, 2.45) is 0 Å². The Hall–Kier alpha value is -3.53. The zero-order valence-corrected chi connectivity index (χ0v) is 37.9. The van der Waals surface area contributed by atoms with E-state index in [1.165, 1.54) is 12.8 Å². The highest BCUT2D eigenvalue weighted by Gasteiger charge is 2.25. The van der Waals surface area contributed by atoms with Crippen LogP contribution < -0.4 is 0 Å². The Labute approximate surface area is 359 Å². The molecule has 0 aliphatic rings. The fourth-order valence-corrected chi connectivity index (χ4v) is 5.58. The van der Waals surface area contributed by atoms with E-state index in [2.05, 4.69) is 98.9 Å². The van der Waals surface area contributed by atoms with E-state index >= 15 is 0 Å². The van der Waals surface area contributed by atoms with Gasteiger partial charge in [0.1, 0.15) is 13.2 Å². The predicted molar refractivity (Wildman–Crippen MR) is 244 cm³/mol. The van der Waals surface area contributed by atoms with Crippen molar-refractivity contribution in [3.8, 4) is 0 Å². The lowest BCUT2D eigenvalue weighted by Crippen LogP contribution is -2.40. The van der Waals surface area contributed by atoms with Gasteiger partial charge in [0.05, 0.1) is 34.4 Å². The molecule has 0 heterocycles. The van der Waals surface area contributed by atoms with Crippen molar-refractivity contribution in [1.82, 2.24) is 0 Å². The summed E-state index contributed by atoms with van der Waals surface area (Å²) in [5, 5.41) is 9.63. The lowest BCUT2D eigenvalue weighted by atomic mass is 10.1. The molecule has 0 saturated carbocycles. The van der Waals surface area contributed by atoms with Gasteiger partial charge in [-0.05, 0) is 83.5 Å². The van der Waals surface area contributed by atoms with Gasteiger partial charge in [-0.2, -0.15) is 0 Å². The maximum atomic E-state index is 12.8. The topological polar surface area (TPSA) is 108 Å². The number of carbonyl (C=O) groups is 3. The molecule has 0 rings (SSSR count). The minimum absolute atomic E-state index is 0.176. The average molecular weight is 827 g/mol. The molecule has 0 radical (unpaired) electrons. The second-order valence-corrected chi connectivity index (χ2v) is 16.0. The molecular formula is C50H84NO8+. The summed E-state index contributed by atoms with van der Waals surface area (Å²) >= 11 is 0. The number of allylic oxidation sites excluding steroid dienone is 14. The van der Waals surface area contributed by atoms with E-state index in [9.17, 15) is 19.5 Å². The lowest BCUT2D eigenvalue weighted by Gasteiger charge is -2.25. The third kappa shape index (κ3) is 42.4. The van der Waals surface area contributed by atoms with Gasteiger partial charge >= 0.3 is 17.9 Å². The molecule has 0 fully saturated rings. The second kappa shape index (κ2) is 41.2. The third-order valence-corrected chi connectivity index (χ3v) is 9.14. The smallest absolute Gasteiger partial charge is 0.361 e. The number of likely N-dealkylation sites (N-methyl/N-ethyl adjacent to an activating group) is 1. The van der Waals surface area contributed by atoms with Crippen LogP contribution >= 0.6 is 0 Å². The van der Waals surface area contributed by atoms with E-state index < -0.39 is 24.3 Å². The Kier molecular flexibility index (Phi) is 38.7. The summed E-state index contributed by atoms with van der Waals surface area (Å²) in [4.78, 5) is 37.1. The molecule has 2 unspecified atom stereocenters. The molecule has 0 aromatic rings. The van der Waals surface area contributed by atoms with Crippen molar-refractivity contribution in [2.75, 3.05) is 47.5 Å². The van der Waals surface area contributed by atoms with Gasteiger partial charge in [-0.3, -0.25) is 9.59 Å². The van der Waals surface area contributed by atoms with E-state index in [1.807, 2.05) is 21.1 Å². The Balaban J connectivity index is 4.47. The molecule has 0 aliphatic heterocycles. The van der Waals surface area contributed by atoms with Crippen molar-refractivity contribution in [1.29, 1.82) is 0 Å². The average Bonchev–Trinajstić information content (AvgIpc) is 3.19. The fraction of sp³-hybridized carbons (Fsp3) is 0.660. The van der Waals surface area contributed by atoms with Crippen molar-refractivity contribution in [2.45, 2.75) is 167 Å². The number of hydrogen-bond donors (Lipinski definition) is 1. The Morgan fingerprint density at radius 2 is 0.966 bits per heavy atom. The van der Waals surface area contributed by atoms with Crippen LogP contribution in [0.15, 0.2) is 85.1 Å². The van der Waals surface area contributed by atoms with Gasteiger partial charge in [-0.1, -0.05) is 144 Å². The van der Waals surface area contributed by atoms with Crippen LogP contribution in [0.3, 0.4) is 0 Å². The quantitative estimate of drug-likeness (QED) is 0.0214. The molecule has 0 saturated heterocycles. The van der Waals surface area contributed by atoms with E-state index in [-0.39, 0.29) is 38.6 Å². The number of carboxylic acid groups (broad SMARTS) is 1. The lowest BCUT2D eigenvalue weighted by molar-refractivity contribution is -0.870. The number of carboxylic acids is 1. The van der Waals surface area contributed by atoms with E-state index in [0.717, 1.165) is 109 Å². The number of rotatable bonds is 40. The molecule has 9 nitrogen and oxygen atoms in total. The fourth-order valence-electron chi connectivity index (χ4n) is 5.58. The first-order chi connectivity index (χ1) is 28.6. The highest BCUT2D eigenvalue weighted by atomic mass is 16.7. The van der Waals surface area contributed by atoms with Gasteiger partial charge < -0.3 is 28.5 Å². The predicted octanol–water partition coefficient (Wildman–Crippen LogP) is 12.1. The maximum absolute atomic E-state index is 12.8. The van der Waals surface area contributed by atoms with Gasteiger partial charge in [0.15, 0.2) is 6.10 Å². The van der Waals surface area contributed by atoms with Gasteiger partial charge in [0.2, 0.25) is 0 Å². The van der Waals surface area contributed by atoms with Crippen LogP contribution in [-0.4, -0.2) is 87.4 Å². The van der Waals surface area contributed by atoms with Crippen LogP contribution in [0, 0.1) is 0 Å². The number of carbonyl (C=O) groups excluding carboxylic acids is 2. The van der Waals surface area contributed by atoms with Gasteiger partial charge in [0, 0.05) is 12.8 Å². The highest BCUT2D eigenvalue weighted by molar-refractivity contribution is 5.71. The minimum atomic E-state index is -1.52. The SMILES string of the molecule is CC/C=C\C/C=C\C/C=C\C/C=C\C/C=C\C/C=C\CCCCCCC(=O)OC(COC(=O)CCCCCCC/C=C\CCCC)COC(OCC[N+](C)(C)C)C(=O)O. The van der Waals surface area contributed by atoms with E-state index in [4.69, 9.17) is 18.9 Å². The molecular weight excluding hydrogens is 743 g/mol. The molecule has 0 spiro atoms. The Bertz CT molecular complexity index is 1240. The molecule has 0 aromatic carbocycles. The first-order valence-electron chi connectivity index (χ1n) is 22.8. The Morgan fingerprint density at radius 1 is 0.525 bits per heavy atom. The van der Waals surface area contributed by atoms with Gasteiger partial charge in [-0.25, -0.2) is 4.79 Å². The van der Waals surface area contributed by atoms with Crippen molar-refractivity contribution < 1.29 is 42.9 Å².